The molecule has 0 aliphatic heterocycles. The SMILES string of the molecule is CCCCCCCCc1ccc(CCC(N)(CO)CO)c2ccccc12. The zero-order chi connectivity index (χ0) is 18.8. The van der Waals surface area contributed by atoms with Gasteiger partial charge in [0.05, 0.1) is 18.8 Å². The van der Waals surface area contributed by atoms with E-state index in [0.717, 1.165) is 12.8 Å². The molecule has 2 rings (SSSR count). The van der Waals surface area contributed by atoms with Gasteiger partial charge < -0.3 is 15.9 Å². The molecule has 0 unspecified atom stereocenters. The third-order valence-corrected chi connectivity index (χ3v) is 5.43. The van der Waals surface area contributed by atoms with Crippen molar-refractivity contribution in [1.82, 2.24) is 0 Å². The number of aliphatic hydroxyl groups excluding tert-OH is 2. The van der Waals surface area contributed by atoms with Crippen LogP contribution in [0.4, 0.5) is 0 Å². The Bertz CT molecular complexity index is 664. The van der Waals surface area contributed by atoms with Gasteiger partial charge >= 0.3 is 0 Å². The molecule has 0 aliphatic rings. The van der Waals surface area contributed by atoms with Crippen LogP contribution in [0.25, 0.3) is 10.8 Å². The van der Waals surface area contributed by atoms with Gasteiger partial charge in [0.1, 0.15) is 0 Å². The first-order valence-electron chi connectivity index (χ1n) is 10.1. The van der Waals surface area contributed by atoms with Crippen LogP contribution in [-0.2, 0) is 12.8 Å². The molecule has 0 spiro atoms. The van der Waals surface area contributed by atoms with Crippen molar-refractivity contribution >= 4 is 10.8 Å². The smallest absolute Gasteiger partial charge is 0.0633 e. The van der Waals surface area contributed by atoms with Crippen molar-refractivity contribution in [3.05, 3.63) is 47.5 Å². The minimum absolute atomic E-state index is 0.197. The highest BCUT2D eigenvalue weighted by atomic mass is 16.3. The van der Waals surface area contributed by atoms with Gasteiger partial charge in [-0.2, -0.15) is 0 Å². The summed E-state index contributed by atoms with van der Waals surface area (Å²) in [5, 5.41) is 21.4. The second-order valence-electron chi connectivity index (χ2n) is 7.63. The van der Waals surface area contributed by atoms with E-state index in [1.165, 1.54) is 60.4 Å². The van der Waals surface area contributed by atoms with E-state index in [2.05, 4.69) is 43.3 Å². The molecule has 0 fully saturated rings. The van der Waals surface area contributed by atoms with Gasteiger partial charge in [-0.15, -0.1) is 0 Å². The van der Waals surface area contributed by atoms with Gasteiger partial charge in [0.15, 0.2) is 0 Å². The molecule has 0 radical (unpaired) electrons. The third-order valence-electron chi connectivity index (χ3n) is 5.43. The molecule has 2 aromatic carbocycles. The van der Waals surface area contributed by atoms with Crippen LogP contribution in [0.3, 0.4) is 0 Å². The van der Waals surface area contributed by atoms with Gasteiger partial charge in [-0.25, -0.2) is 0 Å². The standard InChI is InChI=1S/C23H35NO2/c1-2-3-4-5-6-7-10-19-13-14-20(15-16-23(24,17-25)18-26)22-12-9-8-11-21(19)22/h8-9,11-14,25-26H,2-7,10,15-18,24H2,1H3. The van der Waals surface area contributed by atoms with E-state index in [9.17, 15) is 10.2 Å². The number of unbranched alkanes of at least 4 members (excludes halogenated alkanes) is 5. The van der Waals surface area contributed by atoms with Gasteiger partial charge in [0, 0.05) is 0 Å². The monoisotopic (exact) mass is 357 g/mol. The summed E-state index contributed by atoms with van der Waals surface area (Å²) in [7, 11) is 0. The normalized spacial score (nSPS) is 12.0. The maximum Gasteiger partial charge on any atom is 0.0633 e. The topological polar surface area (TPSA) is 66.5 Å². The average molecular weight is 358 g/mol. The summed E-state index contributed by atoms with van der Waals surface area (Å²) in [5.74, 6) is 0. The predicted octanol–water partition coefficient (Wildman–Crippen LogP) is 4.36. The highest BCUT2D eigenvalue weighted by molar-refractivity contribution is 5.88. The van der Waals surface area contributed by atoms with E-state index in [1.54, 1.807) is 0 Å². The predicted molar refractivity (Wildman–Crippen MR) is 110 cm³/mol. The van der Waals surface area contributed by atoms with Crippen molar-refractivity contribution in [2.24, 2.45) is 5.73 Å². The van der Waals surface area contributed by atoms with Crippen LogP contribution in [-0.4, -0.2) is 29.0 Å². The van der Waals surface area contributed by atoms with E-state index in [1.807, 2.05) is 0 Å². The second-order valence-corrected chi connectivity index (χ2v) is 7.63. The Labute approximate surface area is 158 Å². The Kier molecular flexibility index (Phi) is 8.56. The summed E-state index contributed by atoms with van der Waals surface area (Å²) in [5.41, 5.74) is 7.79. The van der Waals surface area contributed by atoms with Crippen LogP contribution in [0.1, 0.15) is 63.0 Å². The van der Waals surface area contributed by atoms with Crippen LogP contribution in [0.2, 0.25) is 0 Å². The van der Waals surface area contributed by atoms with Gasteiger partial charge in [-0.3, -0.25) is 0 Å². The lowest BCUT2D eigenvalue weighted by molar-refractivity contribution is 0.115. The molecule has 26 heavy (non-hydrogen) atoms. The summed E-state index contributed by atoms with van der Waals surface area (Å²) >= 11 is 0. The lowest BCUT2D eigenvalue weighted by Gasteiger charge is -2.24. The van der Waals surface area contributed by atoms with Crippen LogP contribution < -0.4 is 5.73 Å². The first-order chi connectivity index (χ1) is 12.6. The summed E-state index contributed by atoms with van der Waals surface area (Å²) < 4.78 is 0. The minimum Gasteiger partial charge on any atom is -0.394 e. The molecule has 0 heterocycles. The minimum atomic E-state index is -0.904. The fourth-order valence-electron chi connectivity index (χ4n) is 3.55. The highest BCUT2D eigenvalue weighted by Crippen LogP contribution is 2.26. The number of hydrogen-bond donors (Lipinski definition) is 3. The molecule has 0 aromatic heterocycles. The fourth-order valence-corrected chi connectivity index (χ4v) is 3.55. The molecule has 144 valence electrons. The Morgan fingerprint density at radius 2 is 1.31 bits per heavy atom. The number of aryl methyl sites for hydroxylation is 2. The summed E-state index contributed by atoms with van der Waals surface area (Å²) in [4.78, 5) is 0. The summed E-state index contributed by atoms with van der Waals surface area (Å²) in [6.45, 7) is 1.86. The lowest BCUT2D eigenvalue weighted by atomic mass is 9.90. The van der Waals surface area contributed by atoms with Crippen molar-refractivity contribution in [3.8, 4) is 0 Å². The first-order valence-corrected chi connectivity index (χ1v) is 10.1. The molecule has 0 saturated heterocycles. The van der Waals surface area contributed by atoms with Crippen LogP contribution in [0, 0.1) is 0 Å². The van der Waals surface area contributed by atoms with E-state index in [4.69, 9.17) is 5.73 Å². The zero-order valence-electron chi connectivity index (χ0n) is 16.2. The molecule has 4 N–H and O–H groups in total. The van der Waals surface area contributed by atoms with E-state index < -0.39 is 5.54 Å². The van der Waals surface area contributed by atoms with Gasteiger partial charge in [-0.05, 0) is 47.6 Å². The van der Waals surface area contributed by atoms with Crippen molar-refractivity contribution in [1.29, 1.82) is 0 Å². The number of nitrogens with two attached hydrogens (primary N) is 1. The molecule has 0 amide bonds. The van der Waals surface area contributed by atoms with Crippen molar-refractivity contribution in [2.75, 3.05) is 13.2 Å². The first kappa shape index (κ1) is 20.9. The van der Waals surface area contributed by atoms with Gasteiger partial charge in [0.2, 0.25) is 0 Å². The second kappa shape index (κ2) is 10.7. The van der Waals surface area contributed by atoms with Crippen molar-refractivity contribution < 1.29 is 10.2 Å². The lowest BCUT2D eigenvalue weighted by Crippen LogP contribution is -2.47. The van der Waals surface area contributed by atoms with Crippen LogP contribution >= 0.6 is 0 Å². The van der Waals surface area contributed by atoms with Crippen molar-refractivity contribution in [2.45, 2.75) is 70.3 Å². The third kappa shape index (κ3) is 5.80. The largest absolute Gasteiger partial charge is 0.394 e. The quantitative estimate of drug-likeness (QED) is 0.495. The van der Waals surface area contributed by atoms with Crippen LogP contribution in [0.5, 0.6) is 0 Å². The number of aliphatic hydroxyl groups is 2. The Hall–Kier alpha value is -1.42. The molecular formula is C23H35NO2. The van der Waals surface area contributed by atoms with Crippen molar-refractivity contribution in [3.63, 3.8) is 0 Å². The maximum atomic E-state index is 9.41. The van der Waals surface area contributed by atoms with E-state index >= 15 is 0 Å². The molecule has 3 nitrogen and oxygen atoms in total. The molecule has 0 bridgehead atoms. The Balaban J connectivity index is 2.05. The molecule has 2 aromatic rings. The number of benzene rings is 2. The average Bonchev–Trinajstić information content (AvgIpc) is 2.69. The molecule has 0 saturated carbocycles. The Morgan fingerprint density at radius 3 is 1.88 bits per heavy atom. The maximum absolute atomic E-state index is 9.41. The van der Waals surface area contributed by atoms with Gasteiger partial charge in [0.25, 0.3) is 0 Å². The molecule has 0 aliphatic carbocycles. The number of fused-ring (bicyclic) bond motifs is 1. The number of rotatable bonds is 12. The molecule has 0 atom stereocenters. The van der Waals surface area contributed by atoms with Gasteiger partial charge in [-0.1, -0.05) is 75.4 Å². The Morgan fingerprint density at radius 1 is 0.769 bits per heavy atom. The fraction of sp³-hybridized carbons (Fsp3) is 0.565. The molecule has 3 heteroatoms. The van der Waals surface area contributed by atoms with Crippen LogP contribution in [0.15, 0.2) is 36.4 Å². The zero-order valence-corrected chi connectivity index (χ0v) is 16.2. The summed E-state index contributed by atoms with van der Waals surface area (Å²) in [6.07, 6.45) is 10.3. The van der Waals surface area contributed by atoms with E-state index in [-0.39, 0.29) is 13.2 Å². The summed E-state index contributed by atoms with van der Waals surface area (Å²) in [6, 6.07) is 13.0. The number of hydrogen-bond acceptors (Lipinski definition) is 3. The van der Waals surface area contributed by atoms with E-state index in [0.29, 0.717) is 6.42 Å². The molecular weight excluding hydrogens is 322 g/mol. The highest BCUT2D eigenvalue weighted by Gasteiger charge is 2.23.